The lowest BCUT2D eigenvalue weighted by atomic mass is 10.1. The van der Waals surface area contributed by atoms with Crippen molar-refractivity contribution in [1.82, 2.24) is 10.2 Å². The molecule has 0 N–H and O–H groups in total. The van der Waals surface area contributed by atoms with Gasteiger partial charge >= 0.3 is 0 Å². The van der Waals surface area contributed by atoms with Crippen molar-refractivity contribution in [3.8, 4) is 17.4 Å². The average molecular weight is 338 g/mol. The number of aromatic nitrogens is 2. The van der Waals surface area contributed by atoms with Gasteiger partial charge in [-0.2, -0.15) is 0 Å². The van der Waals surface area contributed by atoms with Crippen LogP contribution in [0.3, 0.4) is 0 Å². The Morgan fingerprint density at radius 3 is 2.75 bits per heavy atom. The molecule has 4 aromatic rings. The summed E-state index contributed by atoms with van der Waals surface area (Å²) >= 11 is 1.45. The van der Waals surface area contributed by atoms with Gasteiger partial charge in [0.15, 0.2) is 5.76 Å². The predicted molar refractivity (Wildman–Crippen MR) is 92.2 cm³/mol. The van der Waals surface area contributed by atoms with E-state index in [2.05, 4.69) is 28.4 Å². The minimum absolute atomic E-state index is 0.387. The van der Waals surface area contributed by atoms with Crippen LogP contribution >= 0.6 is 11.8 Å². The molecule has 0 bridgehead atoms. The van der Waals surface area contributed by atoms with E-state index in [1.165, 1.54) is 22.5 Å². The quantitative estimate of drug-likeness (QED) is 0.376. The van der Waals surface area contributed by atoms with Crippen molar-refractivity contribution in [3.05, 3.63) is 60.9 Å². The molecule has 0 saturated carbocycles. The standard InChI is InChI=1S/C18H14N2O3S/c1-2-5-14-12-15(8-7-13(14)4-1)21-10-11-24-18-20-19-17(23-18)16-6-3-9-22-16/h1-9,12H,10-11H2. The third kappa shape index (κ3) is 3.28. The second-order valence-electron chi connectivity index (χ2n) is 5.06. The van der Waals surface area contributed by atoms with Crippen LogP contribution in [0.15, 0.2) is 74.9 Å². The van der Waals surface area contributed by atoms with E-state index in [4.69, 9.17) is 13.6 Å². The average Bonchev–Trinajstić information content (AvgIpc) is 3.30. The maximum absolute atomic E-state index is 5.79. The molecule has 4 rings (SSSR count). The van der Waals surface area contributed by atoms with E-state index in [-0.39, 0.29) is 0 Å². The molecule has 120 valence electrons. The van der Waals surface area contributed by atoms with Crippen molar-refractivity contribution in [2.24, 2.45) is 0 Å². The van der Waals surface area contributed by atoms with E-state index in [1.54, 1.807) is 18.4 Å². The van der Waals surface area contributed by atoms with Gasteiger partial charge in [-0.1, -0.05) is 42.1 Å². The topological polar surface area (TPSA) is 61.3 Å². The maximum atomic E-state index is 5.79. The third-order valence-corrected chi connectivity index (χ3v) is 4.22. The molecule has 2 aromatic carbocycles. The molecule has 0 aliphatic rings. The number of ether oxygens (including phenoxy) is 1. The monoisotopic (exact) mass is 338 g/mol. The first-order chi connectivity index (χ1) is 11.9. The van der Waals surface area contributed by atoms with E-state index in [9.17, 15) is 0 Å². The molecule has 0 atom stereocenters. The Morgan fingerprint density at radius 2 is 1.88 bits per heavy atom. The number of fused-ring (bicyclic) bond motifs is 1. The van der Waals surface area contributed by atoms with Crippen LogP contribution in [-0.4, -0.2) is 22.6 Å². The van der Waals surface area contributed by atoms with Crippen molar-refractivity contribution in [2.75, 3.05) is 12.4 Å². The SMILES string of the molecule is c1coc(-c2nnc(SCCOc3ccc4ccccc4c3)o2)c1. The van der Waals surface area contributed by atoms with Crippen molar-refractivity contribution >= 4 is 22.5 Å². The van der Waals surface area contributed by atoms with Gasteiger partial charge in [-0.3, -0.25) is 0 Å². The maximum Gasteiger partial charge on any atom is 0.284 e. The van der Waals surface area contributed by atoms with E-state index in [1.807, 2.05) is 24.3 Å². The van der Waals surface area contributed by atoms with Gasteiger partial charge in [0.25, 0.3) is 11.1 Å². The highest BCUT2D eigenvalue weighted by Crippen LogP contribution is 2.24. The first-order valence-corrected chi connectivity index (χ1v) is 8.49. The van der Waals surface area contributed by atoms with Gasteiger partial charge in [0.1, 0.15) is 5.75 Å². The van der Waals surface area contributed by atoms with Gasteiger partial charge in [-0.05, 0) is 35.0 Å². The third-order valence-electron chi connectivity index (χ3n) is 3.44. The molecule has 0 fully saturated rings. The summed E-state index contributed by atoms with van der Waals surface area (Å²) in [4.78, 5) is 0. The first-order valence-electron chi connectivity index (χ1n) is 7.50. The highest BCUT2D eigenvalue weighted by atomic mass is 32.2. The minimum Gasteiger partial charge on any atom is -0.493 e. The lowest BCUT2D eigenvalue weighted by Crippen LogP contribution is -1.99. The van der Waals surface area contributed by atoms with Crippen LogP contribution in [0, 0.1) is 0 Å². The van der Waals surface area contributed by atoms with Crippen LogP contribution in [0.4, 0.5) is 0 Å². The van der Waals surface area contributed by atoms with Crippen molar-refractivity contribution < 1.29 is 13.6 Å². The van der Waals surface area contributed by atoms with Crippen molar-refractivity contribution in [3.63, 3.8) is 0 Å². The second-order valence-corrected chi connectivity index (χ2v) is 6.10. The van der Waals surface area contributed by atoms with E-state index in [0.29, 0.717) is 29.2 Å². The Labute approximate surface area is 142 Å². The summed E-state index contributed by atoms with van der Waals surface area (Å²) in [5, 5.41) is 10.8. The Hall–Kier alpha value is -2.73. The Bertz CT molecular complexity index is 934. The molecule has 0 amide bonds. The molecular formula is C18H14N2O3S. The van der Waals surface area contributed by atoms with Crippen LogP contribution in [0.2, 0.25) is 0 Å². The number of furan rings is 1. The number of rotatable bonds is 6. The molecule has 5 nitrogen and oxygen atoms in total. The summed E-state index contributed by atoms with van der Waals surface area (Å²) in [5.41, 5.74) is 0. The highest BCUT2D eigenvalue weighted by Gasteiger charge is 2.10. The van der Waals surface area contributed by atoms with Gasteiger partial charge in [-0.25, -0.2) is 0 Å². The van der Waals surface area contributed by atoms with E-state index < -0.39 is 0 Å². The molecule has 2 aromatic heterocycles. The molecule has 0 aliphatic heterocycles. The van der Waals surface area contributed by atoms with Crippen molar-refractivity contribution in [2.45, 2.75) is 5.22 Å². The summed E-state index contributed by atoms with van der Waals surface area (Å²) in [6.07, 6.45) is 1.57. The Balaban J connectivity index is 1.31. The van der Waals surface area contributed by atoms with Crippen LogP contribution in [-0.2, 0) is 0 Å². The summed E-state index contributed by atoms with van der Waals surface area (Å²) in [5.74, 6) is 2.53. The van der Waals surface area contributed by atoms with Crippen LogP contribution in [0.25, 0.3) is 22.4 Å². The van der Waals surface area contributed by atoms with Gasteiger partial charge in [-0.15, -0.1) is 10.2 Å². The molecule has 0 unspecified atom stereocenters. The van der Waals surface area contributed by atoms with Crippen LogP contribution in [0.1, 0.15) is 0 Å². The largest absolute Gasteiger partial charge is 0.493 e. The summed E-state index contributed by atoms with van der Waals surface area (Å²) in [6.45, 7) is 0.557. The van der Waals surface area contributed by atoms with E-state index in [0.717, 1.165) is 5.75 Å². The lowest BCUT2D eigenvalue weighted by molar-refractivity contribution is 0.343. The number of thioether (sulfide) groups is 1. The Kier molecular flexibility index (Phi) is 4.20. The summed E-state index contributed by atoms with van der Waals surface area (Å²) < 4.78 is 16.5. The van der Waals surface area contributed by atoms with Gasteiger partial charge in [0.2, 0.25) is 0 Å². The summed E-state index contributed by atoms with van der Waals surface area (Å²) in [7, 11) is 0. The van der Waals surface area contributed by atoms with E-state index >= 15 is 0 Å². The van der Waals surface area contributed by atoms with Crippen molar-refractivity contribution in [1.29, 1.82) is 0 Å². The molecular weight excluding hydrogens is 324 g/mol. The fourth-order valence-electron chi connectivity index (χ4n) is 2.31. The number of benzene rings is 2. The zero-order valence-electron chi connectivity index (χ0n) is 12.7. The highest BCUT2D eigenvalue weighted by molar-refractivity contribution is 7.99. The first kappa shape index (κ1) is 14.8. The molecule has 0 saturated heterocycles. The zero-order valence-corrected chi connectivity index (χ0v) is 13.5. The molecule has 2 heterocycles. The van der Waals surface area contributed by atoms with Crippen LogP contribution in [0.5, 0.6) is 5.75 Å². The smallest absolute Gasteiger partial charge is 0.284 e. The Morgan fingerprint density at radius 1 is 0.958 bits per heavy atom. The molecule has 6 heteroatoms. The van der Waals surface area contributed by atoms with Crippen LogP contribution < -0.4 is 4.74 Å². The number of nitrogens with zero attached hydrogens (tertiary/aromatic N) is 2. The fraction of sp³-hybridized carbons (Fsp3) is 0.111. The minimum atomic E-state index is 0.387. The molecule has 0 spiro atoms. The predicted octanol–water partition coefficient (Wildman–Crippen LogP) is 4.65. The normalized spacial score (nSPS) is 11.0. The van der Waals surface area contributed by atoms with Gasteiger partial charge in [0, 0.05) is 5.75 Å². The number of hydrogen-bond acceptors (Lipinski definition) is 6. The molecule has 0 radical (unpaired) electrons. The summed E-state index contributed by atoms with van der Waals surface area (Å²) in [6, 6.07) is 17.9. The number of hydrogen-bond donors (Lipinski definition) is 0. The van der Waals surface area contributed by atoms with Gasteiger partial charge < -0.3 is 13.6 Å². The second kappa shape index (κ2) is 6.80. The lowest BCUT2D eigenvalue weighted by Gasteiger charge is -2.06. The molecule has 24 heavy (non-hydrogen) atoms. The fourth-order valence-corrected chi connectivity index (χ4v) is 2.89. The molecule has 0 aliphatic carbocycles. The zero-order chi connectivity index (χ0) is 16.2. The van der Waals surface area contributed by atoms with Gasteiger partial charge in [0.05, 0.1) is 12.9 Å².